The normalized spacial score (nSPS) is 17.0. The summed E-state index contributed by atoms with van der Waals surface area (Å²) in [7, 11) is 0. The summed E-state index contributed by atoms with van der Waals surface area (Å²) >= 11 is 0. The lowest BCUT2D eigenvalue weighted by Crippen LogP contribution is -2.29. The van der Waals surface area contributed by atoms with Crippen LogP contribution < -0.4 is 10.6 Å². The highest BCUT2D eigenvalue weighted by Gasteiger charge is 2.33. The van der Waals surface area contributed by atoms with Gasteiger partial charge in [0.2, 0.25) is 0 Å². The van der Waals surface area contributed by atoms with Crippen LogP contribution in [0.4, 0.5) is 5.69 Å². The Morgan fingerprint density at radius 3 is 2.46 bits per heavy atom. The Hall–Kier alpha value is -3.61. The number of amides is 1. The van der Waals surface area contributed by atoms with Crippen LogP contribution in [0.25, 0.3) is 10.9 Å². The van der Waals surface area contributed by atoms with Gasteiger partial charge in [-0.1, -0.05) is 29.8 Å². The van der Waals surface area contributed by atoms with Crippen molar-refractivity contribution in [2.45, 2.75) is 20.8 Å². The van der Waals surface area contributed by atoms with E-state index in [1.165, 1.54) is 15.9 Å². The standard InChI is InChI=1S/C21H19N5O2/c1-13-8-10-16(11-9-13)26-21(28)18(14(2)24-26)12-22-25-15(3)23-19-7-5-4-6-17(19)20(25)27/h4-12,18H,1-3H3/b22-12-/t18-/m0/s1. The number of aromatic nitrogens is 2. The number of hydrazone groups is 1. The highest BCUT2D eigenvalue weighted by molar-refractivity contribution is 6.23. The fourth-order valence-corrected chi connectivity index (χ4v) is 3.13. The first kappa shape index (κ1) is 17.8. The van der Waals surface area contributed by atoms with Crippen molar-refractivity contribution in [2.75, 3.05) is 5.01 Å². The van der Waals surface area contributed by atoms with Crippen molar-refractivity contribution in [3.8, 4) is 0 Å². The molecule has 0 N–H and O–H groups in total. The number of hydrogen-bond donors (Lipinski definition) is 0. The van der Waals surface area contributed by atoms with Crippen molar-refractivity contribution < 1.29 is 4.79 Å². The Morgan fingerprint density at radius 2 is 1.71 bits per heavy atom. The second-order valence-electron chi connectivity index (χ2n) is 6.76. The molecule has 1 aliphatic heterocycles. The minimum atomic E-state index is -0.626. The third-order valence-electron chi connectivity index (χ3n) is 4.71. The number of carbonyl (C=O) groups excluding carboxylic acids is 1. The SMILES string of the molecule is CC1=NN(c2ccc(C)cc2)C(=O)[C@H]1/C=N\n1c(C)nc2ccccc2c1=O. The van der Waals surface area contributed by atoms with Gasteiger partial charge in [-0.25, -0.2) is 4.98 Å². The quantitative estimate of drug-likeness (QED) is 0.662. The number of aryl methyl sites for hydroxylation is 2. The second kappa shape index (κ2) is 6.84. The Labute approximate surface area is 161 Å². The lowest BCUT2D eigenvalue weighted by atomic mass is 10.1. The molecule has 1 amide bonds. The van der Waals surface area contributed by atoms with Gasteiger partial charge in [0, 0.05) is 6.21 Å². The number of benzene rings is 2. The molecule has 0 spiro atoms. The zero-order valence-electron chi connectivity index (χ0n) is 15.8. The van der Waals surface area contributed by atoms with Gasteiger partial charge in [-0.2, -0.15) is 19.9 Å². The molecule has 140 valence electrons. The van der Waals surface area contributed by atoms with Crippen LogP contribution in [0, 0.1) is 19.8 Å². The molecule has 1 aromatic heterocycles. The summed E-state index contributed by atoms with van der Waals surface area (Å²) in [5.41, 5.74) is 2.78. The van der Waals surface area contributed by atoms with E-state index in [2.05, 4.69) is 15.2 Å². The van der Waals surface area contributed by atoms with Crippen LogP contribution in [-0.2, 0) is 4.79 Å². The molecule has 0 bridgehead atoms. The van der Waals surface area contributed by atoms with Gasteiger partial charge < -0.3 is 0 Å². The summed E-state index contributed by atoms with van der Waals surface area (Å²) in [5, 5.41) is 10.5. The molecule has 0 aliphatic carbocycles. The first-order chi connectivity index (χ1) is 13.5. The van der Waals surface area contributed by atoms with Gasteiger partial charge >= 0.3 is 0 Å². The molecule has 3 aromatic rings. The Kier molecular flexibility index (Phi) is 4.35. The van der Waals surface area contributed by atoms with Crippen molar-refractivity contribution in [1.29, 1.82) is 0 Å². The Balaban J connectivity index is 1.66. The predicted molar refractivity (Wildman–Crippen MR) is 110 cm³/mol. The largest absolute Gasteiger partial charge is 0.282 e. The summed E-state index contributed by atoms with van der Waals surface area (Å²) in [6.07, 6.45) is 1.46. The minimum absolute atomic E-state index is 0.204. The summed E-state index contributed by atoms with van der Waals surface area (Å²) in [4.78, 5) is 30.0. The highest BCUT2D eigenvalue weighted by Crippen LogP contribution is 2.23. The Morgan fingerprint density at radius 1 is 1.00 bits per heavy atom. The number of para-hydroxylation sites is 1. The van der Waals surface area contributed by atoms with Crippen LogP contribution in [0.1, 0.15) is 18.3 Å². The van der Waals surface area contributed by atoms with Gasteiger partial charge in [0.05, 0.1) is 22.3 Å². The summed E-state index contributed by atoms with van der Waals surface area (Å²) in [5.74, 6) is -0.376. The molecule has 1 atom stereocenters. The van der Waals surface area contributed by atoms with E-state index in [-0.39, 0.29) is 11.5 Å². The molecular weight excluding hydrogens is 354 g/mol. The smallest absolute Gasteiger partial charge is 0.271 e. The fourth-order valence-electron chi connectivity index (χ4n) is 3.13. The van der Waals surface area contributed by atoms with E-state index in [0.717, 1.165) is 5.56 Å². The molecule has 2 aromatic carbocycles. The molecule has 0 saturated carbocycles. The van der Waals surface area contributed by atoms with Crippen molar-refractivity contribution in [3.05, 3.63) is 70.3 Å². The van der Waals surface area contributed by atoms with Crippen molar-refractivity contribution in [1.82, 2.24) is 9.66 Å². The van der Waals surface area contributed by atoms with Crippen LogP contribution in [0.2, 0.25) is 0 Å². The zero-order valence-corrected chi connectivity index (χ0v) is 15.8. The van der Waals surface area contributed by atoms with Gasteiger partial charge in [-0.15, -0.1) is 0 Å². The van der Waals surface area contributed by atoms with Gasteiger partial charge in [-0.05, 0) is 45.0 Å². The van der Waals surface area contributed by atoms with Crippen molar-refractivity contribution >= 4 is 34.4 Å². The predicted octanol–water partition coefficient (Wildman–Crippen LogP) is 2.89. The zero-order chi connectivity index (χ0) is 19.8. The number of rotatable bonds is 3. The second-order valence-corrected chi connectivity index (χ2v) is 6.76. The van der Waals surface area contributed by atoms with Crippen LogP contribution in [0.3, 0.4) is 0 Å². The number of fused-ring (bicyclic) bond motifs is 1. The van der Waals surface area contributed by atoms with E-state index in [4.69, 9.17) is 0 Å². The summed E-state index contributed by atoms with van der Waals surface area (Å²) < 4.78 is 1.22. The lowest BCUT2D eigenvalue weighted by molar-refractivity contribution is -0.118. The number of hydrogen-bond acceptors (Lipinski definition) is 5. The average molecular weight is 373 g/mol. The van der Waals surface area contributed by atoms with Crippen LogP contribution in [-0.4, -0.2) is 27.5 Å². The van der Waals surface area contributed by atoms with Gasteiger partial charge in [0.25, 0.3) is 11.5 Å². The number of nitrogens with zero attached hydrogens (tertiary/aromatic N) is 5. The Bertz CT molecular complexity index is 1190. The first-order valence-corrected chi connectivity index (χ1v) is 8.94. The molecule has 0 unspecified atom stereocenters. The monoisotopic (exact) mass is 373 g/mol. The highest BCUT2D eigenvalue weighted by atomic mass is 16.2. The van der Waals surface area contributed by atoms with Crippen molar-refractivity contribution in [2.24, 2.45) is 16.1 Å². The minimum Gasteiger partial charge on any atom is -0.271 e. The molecule has 0 radical (unpaired) electrons. The fraction of sp³-hybridized carbons (Fsp3) is 0.190. The molecule has 4 rings (SSSR count). The van der Waals surface area contributed by atoms with E-state index in [1.54, 1.807) is 32.0 Å². The summed E-state index contributed by atoms with van der Waals surface area (Å²) in [6.45, 7) is 5.47. The third-order valence-corrected chi connectivity index (χ3v) is 4.71. The van der Waals surface area contributed by atoms with E-state index in [0.29, 0.717) is 28.1 Å². The van der Waals surface area contributed by atoms with Crippen LogP contribution in [0.15, 0.2) is 63.5 Å². The lowest BCUT2D eigenvalue weighted by Gasteiger charge is -2.13. The maximum atomic E-state index is 12.8. The average Bonchev–Trinajstić information content (AvgIpc) is 2.96. The van der Waals surface area contributed by atoms with Crippen molar-refractivity contribution in [3.63, 3.8) is 0 Å². The molecular formula is C21H19N5O2. The molecule has 0 saturated heterocycles. The van der Waals surface area contributed by atoms with E-state index < -0.39 is 5.92 Å². The first-order valence-electron chi connectivity index (χ1n) is 8.94. The van der Waals surface area contributed by atoms with E-state index in [9.17, 15) is 9.59 Å². The molecule has 2 heterocycles. The van der Waals surface area contributed by atoms with Gasteiger partial charge in [0.1, 0.15) is 11.7 Å². The molecule has 7 heteroatoms. The van der Waals surface area contributed by atoms with Crippen LogP contribution >= 0.6 is 0 Å². The topological polar surface area (TPSA) is 79.9 Å². The van der Waals surface area contributed by atoms with E-state index >= 15 is 0 Å². The molecule has 1 aliphatic rings. The molecule has 0 fully saturated rings. The maximum absolute atomic E-state index is 12.8. The number of anilines is 1. The number of carbonyl (C=O) groups is 1. The maximum Gasteiger partial charge on any atom is 0.282 e. The molecule has 28 heavy (non-hydrogen) atoms. The van der Waals surface area contributed by atoms with Gasteiger partial charge in [-0.3, -0.25) is 9.59 Å². The third kappa shape index (κ3) is 3.00. The summed E-state index contributed by atoms with van der Waals surface area (Å²) in [6, 6.07) is 14.7. The van der Waals surface area contributed by atoms with Crippen LogP contribution in [0.5, 0.6) is 0 Å². The van der Waals surface area contributed by atoms with Gasteiger partial charge in [0.15, 0.2) is 0 Å². The molecule has 7 nitrogen and oxygen atoms in total. The van der Waals surface area contributed by atoms with E-state index in [1.807, 2.05) is 37.3 Å².